The van der Waals surface area contributed by atoms with E-state index in [2.05, 4.69) is 0 Å². The first-order valence-electron chi connectivity index (χ1n) is 16.8. The maximum Gasteiger partial charge on any atom is 0.193 e. The van der Waals surface area contributed by atoms with E-state index in [9.17, 15) is 14.4 Å². The van der Waals surface area contributed by atoms with Crippen LogP contribution in [0.1, 0.15) is 74.1 Å². The third-order valence-electron chi connectivity index (χ3n) is 7.79. The summed E-state index contributed by atoms with van der Waals surface area (Å²) in [5.41, 5.74) is 7.53. The van der Waals surface area contributed by atoms with Crippen LogP contribution in [0, 0.1) is 13.8 Å². The van der Waals surface area contributed by atoms with Gasteiger partial charge in [-0.1, -0.05) is 116 Å². The van der Waals surface area contributed by atoms with E-state index >= 15 is 0 Å². The number of ketones is 3. The van der Waals surface area contributed by atoms with E-state index in [1.54, 1.807) is 55.6 Å². The van der Waals surface area contributed by atoms with Crippen LogP contribution < -0.4 is 9.47 Å². The van der Waals surface area contributed by atoms with Crippen LogP contribution >= 0.6 is 0 Å². The number of rotatable bonds is 9. The zero-order valence-corrected chi connectivity index (χ0v) is 30.5. The number of Topliss-reactive ketones (excluding diaryl/α,β-unsaturated/α-hetero) is 1. The van der Waals surface area contributed by atoms with Crippen LogP contribution in [0.25, 0.3) is 11.1 Å². The van der Waals surface area contributed by atoms with Crippen molar-refractivity contribution in [1.82, 2.24) is 0 Å². The molecule has 0 fully saturated rings. The molecule has 0 aliphatic rings. The molecule has 6 aromatic carbocycles. The Morgan fingerprint density at radius 1 is 0.462 bits per heavy atom. The summed E-state index contributed by atoms with van der Waals surface area (Å²) in [5, 5.41) is 0. The predicted octanol–water partition coefficient (Wildman–Crippen LogP) is 11.0. The fourth-order valence-corrected chi connectivity index (χ4v) is 4.93. The van der Waals surface area contributed by atoms with E-state index in [0.29, 0.717) is 33.6 Å². The number of aryl methyl sites for hydroxylation is 2. The standard InChI is InChI=1S/C22H18O3.C21H18O2.C2H6.CH2O/c1-15-3-11-20(12-4-15)25-21-13-9-19(10-14-21)22(24)18-7-5-17(6-8-18)16(2)23;1-15-6-8-17(9-7-15)21(22)19-5-3-4-18(14-19)16-10-12-20(23-2)13-11-16;2*1-2/h3-14H,1-2H3;3-14H,1-2H3;1-2H3;1H2. The fourth-order valence-electron chi connectivity index (χ4n) is 4.93. The van der Waals surface area contributed by atoms with Crippen molar-refractivity contribution in [2.24, 2.45) is 0 Å². The lowest BCUT2D eigenvalue weighted by molar-refractivity contribution is -0.0980. The highest BCUT2D eigenvalue weighted by Gasteiger charge is 2.11. The number of ether oxygens (including phenoxy) is 2. The van der Waals surface area contributed by atoms with Gasteiger partial charge in [0.25, 0.3) is 0 Å². The normalized spacial score (nSPS) is 9.73. The van der Waals surface area contributed by atoms with E-state index in [0.717, 1.165) is 28.2 Å². The van der Waals surface area contributed by atoms with Gasteiger partial charge in [0.15, 0.2) is 17.3 Å². The van der Waals surface area contributed by atoms with Gasteiger partial charge in [-0.3, -0.25) is 14.4 Å². The Balaban J connectivity index is 0.000000257. The average Bonchev–Trinajstić information content (AvgIpc) is 3.20. The highest BCUT2D eigenvalue weighted by atomic mass is 16.5. The number of carbonyl (C=O) groups excluding carboxylic acids is 4. The van der Waals surface area contributed by atoms with Gasteiger partial charge in [0.05, 0.1) is 7.11 Å². The number of hydrogen-bond acceptors (Lipinski definition) is 6. The summed E-state index contributed by atoms with van der Waals surface area (Å²) in [4.78, 5) is 44.4. The van der Waals surface area contributed by atoms with Crippen LogP contribution in [0.3, 0.4) is 0 Å². The average molecular weight is 693 g/mol. The quantitative estimate of drug-likeness (QED) is 0.140. The van der Waals surface area contributed by atoms with Crippen molar-refractivity contribution in [3.63, 3.8) is 0 Å². The molecule has 6 aromatic rings. The number of hydrogen-bond donors (Lipinski definition) is 0. The maximum atomic E-state index is 12.6. The van der Waals surface area contributed by atoms with E-state index in [1.807, 2.05) is 132 Å². The van der Waals surface area contributed by atoms with Gasteiger partial charge in [-0.25, -0.2) is 0 Å². The van der Waals surface area contributed by atoms with Crippen LogP contribution in [-0.2, 0) is 4.79 Å². The Bertz CT molecular complexity index is 2030. The SMILES string of the molecule is C=O.CC.CC(=O)c1ccc(C(=O)c2ccc(Oc3ccc(C)cc3)cc2)cc1.COc1ccc(-c2cccc(C(=O)c3ccc(C)cc3)c2)cc1. The molecule has 0 spiro atoms. The zero-order valence-electron chi connectivity index (χ0n) is 30.5. The number of methoxy groups -OCH3 is 1. The molecule has 6 nitrogen and oxygen atoms in total. The molecule has 0 atom stereocenters. The van der Waals surface area contributed by atoms with Gasteiger partial charge < -0.3 is 14.3 Å². The van der Waals surface area contributed by atoms with Gasteiger partial charge in [0.2, 0.25) is 0 Å². The summed E-state index contributed by atoms with van der Waals surface area (Å²) in [6, 6.07) is 44.7. The lowest BCUT2D eigenvalue weighted by atomic mass is 9.98. The molecular formula is C46H44O6. The van der Waals surface area contributed by atoms with E-state index in [1.165, 1.54) is 12.5 Å². The first-order chi connectivity index (χ1) is 25.2. The van der Waals surface area contributed by atoms with Crippen molar-refractivity contribution in [3.8, 4) is 28.4 Å². The van der Waals surface area contributed by atoms with Crippen LogP contribution in [0.4, 0.5) is 0 Å². The van der Waals surface area contributed by atoms with Crippen LogP contribution in [0.15, 0.2) is 146 Å². The van der Waals surface area contributed by atoms with Crippen LogP contribution in [-0.4, -0.2) is 31.2 Å². The second kappa shape index (κ2) is 20.3. The lowest BCUT2D eigenvalue weighted by Gasteiger charge is -2.07. The van der Waals surface area contributed by atoms with Crippen LogP contribution in [0.5, 0.6) is 17.2 Å². The van der Waals surface area contributed by atoms with Crippen molar-refractivity contribution < 1.29 is 28.7 Å². The van der Waals surface area contributed by atoms with Crippen molar-refractivity contribution in [2.75, 3.05) is 7.11 Å². The smallest absolute Gasteiger partial charge is 0.193 e. The van der Waals surface area contributed by atoms with Crippen LogP contribution in [0.2, 0.25) is 0 Å². The lowest BCUT2D eigenvalue weighted by Crippen LogP contribution is -2.02. The van der Waals surface area contributed by atoms with E-state index in [-0.39, 0.29) is 17.3 Å². The third kappa shape index (κ3) is 11.3. The van der Waals surface area contributed by atoms with Gasteiger partial charge >= 0.3 is 0 Å². The molecule has 0 saturated carbocycles. The summed E-state index contributed by atoms with van der Waals surface area (Å²) in [7, 11) is 1.65. The molecule has 0 radical (unpaired) electrons. The monoisotopic (exact) mass is 692 g/mol. The minimum absolute atomic E-state index is 0.0170. The number of benzene rings is 6. The first kappa shape index (κ1) is 40.0. The van der Waals surface area contributed by atoms with E-state index in [4.69, 9.17) is 14.3 Å². The van der Waals surface area contributed by atoms with Crippen molar-refractivity contribution in [2.45, 2.75) is 34.6 Å². The largest absolute Gasteiger partial charge is 0.497 e. The van der Waals surface area contributed by atoms with Crippen molar-refractivity contribution >= 4 is 24.1 Å². The minimum atomic E-state index is -0.0861. The zero-order chi connectivity index (χ0) is 38.0. The van der Waals surface area contributed by atoms with Gasteiger partial charge in [0, 0.05) is 27.8 Å². The Morgan fingerprint density at radius 2 is 0.846 bits per heavy atom. The molecular weight excluding hydrogens is 649 g/mol. The summed E-state index contributed by atoms with van der Waals surface area (Å²) in [5.74, 6) is 2.19. The van der Waals surface area contributed by atoms with Gasteiger partial charge in [0.1, 0.15) is 24.0 Å². The fraction of sp³-hybridized carbons (Fsp3) is 0.130. The summed E-state index contributed by atoms with van der Waals surface area (Å²) in [6.45, 7) is 11.5. The Kier molecular flexibility index (Phi) is 15.6. The van der Waals surface area contributed by atoms with Gasteiger partial charge in [-0.2, -0.15) is 0 Å². The summed E-state index contributed by atoms with van der Waals surface area (Å²) >= 11 is 0. The summed E-state index contributed by atoms with van der Waals surface area (Å²) < 4.78 is 10.9. The first-order valence-corrected chi connectivity index (χ1v) is 16.8. The molecule has 6 heteroatoms. The van der Waals surface area contributed by atoms with Crippen molar-refractivity contribution in [1.29, 1.82) is 0 Å². The molecule has 6 rings (SSSR count). The third-order valence-corrected chi connectivity index (χ3v) is 7.79. The maximum absolute atomic E-state index is 12.6. The molecule has 0 bridgehead atoms. The molecule has 0 amide bonds. The highest BCUT2D eigenvalue weighted by Crippen LogP contribution is 2.25. The molecule has 52 heavy (non-hydrogen) atoms. The Morgan fingerprint density at radius 3 is 1.33 bits per heavy atom. The molecule has 0 saturated heterocycles. The second-order valence-electron chi connectivity index (χ2n) is 11.4. The second-order valence-corrected chi connectivity index (χ2v) is 11.4. The Labute approximate surface area is 306 Å². The van der Waals surface area contributed by atoms with Gasteiger partial charge in [-0.15, -0.1) is 0 Å². The molecule has 0 heterocycles. The Hall–Kier alpha value is -6.40. The number of carbonyl (C=O) groups is 4. The van der Waals surface area contributed by atoms with E-state index < -0.39 is 0 Å². The van der Waals surface area contributed by atoms with Gasteiger partial charge in [-0.05, 0) is 86.5 Å². The predicted molar refractivity (Wildman–Crippen MR) is 209 cm³/mol. The minimum Gasteiger partial charge on any atom is -0.497 e. The molecule has 0 aliphatic carbocycles. The molecule has 0 unspecified atom stereocenters. The molecule has 0 aromatic heterocycles. The van der Waals surface area contributed by atoms with Crippen molar-refractivity contribution in [3.05, 3.63) is 185 Å². The molecule has 0 N–H and O–H groups in total. The highest BCUT2D eigenvalue weighted by molar-refractivity contribution is 6.10. The molecule has 0 aliphatic heterocycles. The molecule has 264 valence electrons. The topological polar surface area (TPSA) is 86.7 Å². The summed E-state index contributed by atoms with van der Waals surface area (Å²) in [6.07, 6.45) is 0.